The summed E-state index contributed by atoms with van der Waals surface area (Å²) in [6.45, 7) is 1.84. The topological polar surface area (TPSA) is 102 Å². The molecule has 8 nitrogen and oxygen atoms in total. The highest BCUT2D eigenvalue weighted by molar-refractivity contribution is 5.80. The number of carbonyl (C=O) groups is 1. The van der Waals surface area contributed by atoms with Gasteiger partial charge in [0.25, 0.3) is 0 Å². The number of hydrogen-bond acceptors (Lipinski definition) is 6. The minimum Gasteiger partial charge on any atom is -0.368 e. The van der Waals surface area contributed by atoms with Gasteiger partial charge in [-0.1, -0.05) is 23.3 Å². The number of anilines is 1. The summed E-state index contributed by atoms with van der Waals surface area (Å²) in [5.41, 5.74) is 6.22. The number of aromatic nitrogens is 4. The molecule has 2 heterocycles. The maximum atomic E-state index is 11.3. The fourth-order valence-electron chi connectivity index (χ4n) is 2.24. The zero-order valence-electron chi connectivity index (χ0n) is 10.8. The lowest BCUT2D eigenvalue weighted by Crippen LogP contribution is -2.56. The monoisotopic (exact) mass is 273 g/mol. The Labute approximate surface area is 115 Å². The van der Waals surface area contributed by atoms with Gasteiger partial charge in [-0.05, 0) is 22.6 Å². The summed E-state index contributed by atoms with van der Waals surface area (Å²) < 4.78 is 1.66. The van der Waals surface area contributed by atoms with Gasteiger partial charge in [-0.15, -0.1) is 0 Å². The molecule has 0 saturated carbocycles. The molecule has 0 bridgehead atoms. The lowest BCUT2D eigenvalue weighted by molar-refractivity contribution is -0.120. The third kappa shape index (κ3) is 2.32. The number of amides is 1. The van der Waals surface area contributed by atoms with Crippen LogP contribution in [-0.4, -0.2) is 51.8 Å². The summed E-state index contributed by atoms with van der Waals surface area (Å²) in [7, 11) is 0. The van der Waals surface area contributed by atoms with Gasteiger partial charge in [0.15, 0.2) is 0 Å². The molecule has 1 aromatic heterocycles. The van der Waals surface area contributed by atoms with Crippen LogP contribution in [0, 0.1) is 0 Å². The Morgan fingerprint density at radius 1 is 1.35 bits per heavy atom. The van der Waals surface area contributed by atoms with Crippen molar-refractivity contribution < 1.29 is 4.79 Å². The quantitative estimate of drug-likeness (QED) is 0.738. The lowest BCUT2D eigenvalue weighted by atomic mass is 10.2. The number of para-hydroxylation sites is 1. The fraction of sp³-hybridized carbons (Fsp3) is 0.333. The molecule has 0 radical (unpaired) electrons. The van der Waals surface area contributed by atoms with Crippen molar-refractivity contribution in [1.29, 1.82) is 0 Å². The Balaban J connectivity index is 1.88. The van der Waals surface area contributed by atoms with Crippen molar-refractivity contribution >= 4 is 11.9 Å². The highest BCUT2D eigenvalue weighted by atomic mass is 16.1. The maximum Gasteiger partial charge on any atom is 0.250 e. The molecule has 3 rings (SSSR count). The van der Waals surface area contributed by atoms with Crippen LogP contribution in [0.3, 0.4) is 0 Å². The van der Waals surface area contributed by atoms with E-state index in [-0.39, 0.29) is 11.9 Å². The average molecular weight is 273 g/mol. The molecule has 1 atom stereocenters. The molecule has 104 valence electrons. The van der Waals surface area contributed by atoms with E-state index in [0.717, 1.165) is 12.2 Å². The fourth-order valence-corrected chi connectivity index (χ4v) is 2.24. The van der Waals surface area contributed by atoms with Gasteiger partial charge in [0, 0.05) is 19.6 Å². The van der Waals surface area contributed by atoms with E-state index in [1.807, 2.05) is 35.2 Å². The van der Waals surface area contributed by atoms with Crippen molar-refractivity contribution in [2.24, 2.45) is 5.73 Å². The first-order chi connectivity index (χ1) is 9.75. The van der Waals surface area contributed by atoms with Crippen LogP contribution in [0.2, 0.25) is 0 Å². The van der Waals surface area contributed by atoms with Crippen LogP contribution in [0.15, 0.2) is 30.3 Å². The van der Waals surface area contributed by atoms with Crippen LogP contribution in [0.4, 0.5) is 5.95 Å². The molecular weight excluding hydrogens is 258 g/mol. The smallest absolute Gasteiger partial charge is 0.250 e. The van der Waals surface area contributed by atoms with Crippen molar-refractivity contribution in [2.45, 2.75) is 6.04 Å². The van der Waals surface area contributed by atoms with Gasteiger partial charge in [-0.3, -0.25) is 4.79 Å². The molecule has 1 aliphatic rings. The second kappa shape index (κ2) is 5.25. The van der Waals surface area contributed by atoms with Gasteiger partial charge in [0.1, 0.15) is 6.04 Å². The molecule has 1 amide bonds. The van der Waals surface area contributed by atoms with Crippen molar-refractivity contribution in [3.8, 4) is 5.69 Å². The van der Waals surface area contributed by atoms with Crippen LogP contribution < -0.4 is 16.0 Å². The molecule has 1 saturated heterocycles. The first-order valence-electron chi connectivity index (χ1n) is 6.37. The van der Waals surface area contributed by atoms with Gasteiger partial charge in [0.2, 0.25) is 11.9 Å². The summed E-state index contributed by atoms with van der Waals surface area (Å²) in [6.07, 6.45) is 0. The van der Waals surface area contributed by atoms with E-state index in [1.165, 1.54) is 0 Å². The van der Waals surface area contributed by atoms with Crippen molar-refractivity contribution in [1.82, 2.24) is 25.5 Å². The Bertz CT molecular complexity index is 597. The van der Waals surface area contributed by atoms with E-state index in [0.29, 0.717) is 19.0 Å². The van der Waals surface area contributed by atoms with E-state index in [9.17, 15) is 4.79 Å². The van der Waals surface area contributed by atoms with Gasteiger partial charge >= 0.3 is 0 Å². The van der Waals surface area contributed by atoms with E-state index in [2.05, 4.69) is 20.8 Å². The zero-order valence-corrected chi connectivity index (χ0v) is 10.8. The number of hydrogen-bond donors (Lipinski definition) is 2. The molecule has 3 N–H and O–H groups in total. The van der Waals surface area contributed by atoms with Crippen LogP contribution in [0.1, 0.15) is 0 Å². The largest absolute Gasteiger partial charge is 0.368 e. The van der Waals surface area contributed by atoms with E-state index < -0.39 is 0 Å². The number of benzene rings is 1. The van der Waals surface area contributed by atoms with Crippen LogP contribution in [-0.2, 0) is 4.79 Å². The van der Waals surface area contributed by atoms with Crippen LogP contribution in [0.25, 0.3) is 5.69 Å². The SMILES string of the molecule is NC(=O)[C@H]1CN(c2nnnn2-c2ccccc2)CCN1. The molecule has 2 aromatic rings. The van der Waals surface area contributed by atoms with E-state index in [4.69, 9.17) is 5.73 Å². The Hall–Kier alpha value is -2.48. The number of carbonyl (C=O) groups excluding carboxylic acids is 1. The average Bonchev–Trinajstić information content (AvgIpc) is 2.98. The standard InChI is InChI=1S/C12H15N7O/c13-11(20)10-8-18(7-6-14-10)12-15-16-17-19(12)9-4-2-1-3-5-9/h1-5,10,14H,6-8H2,(H2,13,20)/t10-/m1/s1. The number of piperazine rings is 1. The van der Waals surface area contributed by atoms with Gasteiger partial charge in [-0.2, -0.15) is 4.68 Å². The zero-order chi connectivity index (χ0) is 13.9. The van der Waals surface area contributed by atoms with Gasteiger partial charge < -0.3 is 16.0 Å². The first kappa shape index (κ1) is 12.5. The van der Waals surface area contributed by atoms with Gasteiger partial charge in [-0.25, -0.2) is 0 Å². The number of rotatable bonds is 3. The lowest BCUT2D eigenvalue weighted by Gasteiger charge is -2.32. The summed E-state index contributed by atoms with van der Waals surface area (Å²) in [6, 6.07) is 9.24. The molecular formula is C12H15N7O. The molecule has 8 heteroatoms. The number of nitrogens with two attached hydrogens (primary N) is 1. The molecule has 1 aromatic carbocycles. The third-order valence-electron chi connectivity index (χ3n) is 3.26. The minimum atomic E-state index is -0.385. The van der Waals surface area contributed by atoms with Crippen molar-refractivity contribution in [3.05, 3.63) is 30.3 Å². The highest BCUT2D eigenvalue weighted by Crippen LogP contribution is 2.16. The summed E-state index contributed by atoms with van der Waals surface area (Å²) in [4.78, 5) is 13.3. The van der Waals surface area contributed by atoms with Crippen LogP contribution in [0.5, 0.6) is 0 Å². The van der Waals surface area contributed by atoms with E-state index >= 15 is 0 Å². The maximum absolute atomic E-state index is 11.3. The normalized spacial score (nSPS) is 19.0. The number of tetrazole rings is 1. The number of primary amides is 1. The van der Waals surface area contributed by atoms with E-state index in [1.54, 1.807) is 4.68 Å². The Morgan fingerprint density at radius 2 is 2.15 bits per heavy atom. The second-order valence-corrected chi connectivity index (χ2v) is 4.58. The third-order valence-corrected chi connectivity index (χ3v) is 3.26. The Morgan fingerprint density at radius 3 is 2.90 bits per heavy atom. The number of nitrogens with one attached hydrogen (secondary N) is 1. The Kier molecular flexibility index (Phi) is 3.30. The van der Waals surface area contributed by atoms with Crippen LogP contribution >= 0.6 is 0 Å². The molecule has 1 fully saturated rings. The van der Waals surface area contributed by atoms with Crippen molar-refractivity contribution in [3.63, 3.8) is 0 Å². The second-order valence-electron chi connectivity index (χ2n) is 4.58. The predicted octanol–water partition coefficient (Wildman–Crippen LogP) is -1.07. The predicted molar refractivity (Wildman–Crippen MR) is 72.4 cm³/mol. The highest BCUT2D eigenvalue weighted by Gasteiger charge is 2.26. The molecule has 20 heavy (non-hydrogen) atoms. The number of nitrogens with zero attached hydrogens (tertiary/aromatic N) is 5. The summed E-state index contributed by atoms with van der Waals surface area (Å²) in [5.74, 6) is 0.248. The molecule has 0 unspecified atom stereocenters. The van der Waals surface area contributed by atoms with Crippen molar-refractivity contribution in [2.75, 3.05) is 24.5 Å². The summed E-state index contributed by atoms with van der Waals surface area (Å²) in [5, 5.41) is 14.9. The minimum absolute atomic E-state index is 0.367. The molecule has 0 aliphatic carbocycles. The first-order valence-corrected chi connectivity index (χ1v) is 6.37. The molecule has 0 spiro atoms. The molecule has 1 aliphatic heterocycles. The van der Waals surface area contributed by atoms with Gasteiger partial charge in [0.05, 0.1) is 5.69 Å². The summed E-state index contributed by atoms with van der Waals surface area (Å²) >= 11 is 0.